The first kappa shape index (κ1) is 20.4. The summed E-state index contributed by atoms with van der Waals surface area (Å²) >= 11 is 7.37. The molecule has 7 heteroatoms. The minimum Gasteiger partial charge on any atom is -0.356 e. The molecule has 1 aliphatic rings. The highest BCUT2D eigenvalue weighted by Crippen LogP contribution is 2.39. The predicted molar refractivity (Wildman–Crippen MR) is 119 cm³/mol. The van der Waals surface area contributed by atoms with Crippen LogP contribution >= 0.6 is 23.4 Å². The minimum atomic E-state index is -0.112. The Balaban J connectivity index is 1.41. The Hall–Kier alpha value is -2.83. The van der Waals surface area contributed by atoms with Gasteiger partial charge in [-0.25, -0.2) is 4.98 Å². The van der Waals surface area contributed by atoms with Crippen molar-refractivity contribution in [3.63, 3.8) is 0 Å². The van der Waals surface area contributed by atoms with Gasteiger partial charge in [-0.15, -0.1) is 0 Å². The first-order chi connectivity index (χ1) is 14.6. The molecule has 0 radical (unpaired) electrons. The first-order valence-electron chi connectivity index (χ1n) is 9.67. The minimum absolute atomic E-state index is 0.0904. The number of nitrogens with one attached hydrogen (secondary N) is 1. The van der Waals surface area contributed by atoms with E-state index in [0.717, 1.165) is 27.6 Å². The lowest BCUT2D eigenvalue weighted by Gasteiger charge is -2.22. The lowest BCUT2D eigenvalue weighted by Crippen LogP contribution is -2.35. The zero-order chi connectivity index (χ0) is 20.9. The zero-order valence-corrected chi connectivity index (χ0v) is 17.7. The molecule has 0 unspecified atom stereocenters. The zero-order valence-electron chi connectivity index (χ0n) is 16.2. The molecule has 3 aromatic rings. The monoisotopic (exact) mass is 437 g/mol. The summed E-state index contributed by atoms with van der Waals surface area (Å²) in [5.41, 5.74) is 2.47. The number of hydrogen-bond acceptors (Lipinski definition) is 4. The summed E-state index contributed by atoms with van der Waals surface area (Å²) in [6.07, 6.45) is 2.65. The molecule has 0 spiro atoms. The van der Waals surface area contributed by atoms with Crippen molar-refractivity contribution in [3.05, 3.63) is 83.0 Å². The maximum absolute atomic E-state index is 13.2. The van der Waals surface area contributed by atoms with Gasteiger partial charge in [-0.05, 0) is 48.4 Å². The average molecular weight is 438 g/mol. The van der Waals surface area contributed by atoms with Gasteiger partial charge in [0, 0.05) is 35.6 Å². The maximum Gasteiger partial charge on any atom is 0.259 e. The van der Waals surface area contributed by atoms with E-state index in [0.29, 0.717) is 23.7 Å². The van der Waals surface area contributed by atoms with Crippen LogP contribution in [0.25, 0.3) is 0 Å². The number of rotatable bonds is 6. The highest BCUT2D eigenvalue weighted by molar-refractivity contribution is 7.99. The molecule has 0 aliphatic carbocycles. The third-order valence-corrected chi connectivity index (χ3v) is 6.16. The van der Waals surface area contributed by atoms with Crippen LogP contribution < -0.4 is 10.2 Å². The van der Waals surface area contributed by atoms with Crippen molar-refractivity contribution in [2.75, 3.05) is 18.0 Å². The van der Waals surface area contributed by atoms with Gasteiger partial charge in [-0.1, -0.05) is 47.6 Å². The van der Waals surface area contributed by atoms with Gasteiger partial charge >= 0.3 is 0 Å². The molecular formula is C23H20ClN3O2S. The lowest BCUT2D eigenvalue weighted by molar-refractivity contribution is -0.120. The van der Waals surface area contributed by atoms with E-state index in [4.69, 9.17) is 11.6 Å². The fourth-order valence-corrected chi connectivity index (χ4v) is 4.42. The molecule has 5 nitrogen and oxygen atoms in total. The van der Waals surface area contributed by atoms with Gasteiger partial charge in [-0.2, -0.15) is 0 Å². The highest BCUT2D eigenvalue weighted by atomic mass is 35.5. The molecule has 2 aromatic carbocycles. The van der Waals surface area contributed by atoms with Gasteiger partial charge in [0.05, 0.1) is 11.3 Å². The molecule has 0 bridgehead atoms. The second-order valence-electron chi connectivity index (χ2n) is 6.86. The first-order valence-corrected chi connectivity index (χ1v) is 10.9. The van der Waals surface area contributed by atoms with E-state index in [1.165, 1.54) is 11.8 Å². The molecule has 0 saturated heterocycles. The summed E-state index contributed by atoms with van der Waals surface area (Å²) in [7, 11) is 0. The number of carbonyl (C=O) groups excluding carboxylic acids is 2. The van der Waals surface area contributed by atoms with Crippen molar-refractivity contribution < 1.29 is 9.59 Å². The fourth-order valence-electron chi connectivity index (χ4n) is 3.28. The average Bonchev–Trinajstić information content (AvgIpc) is 2.88. The summed E-state index contributed by atoms with van der Waals surface area (Å²) in [5.74, 6) is -0.203. The molecule has 4 rings (SSSR count). The second kappa shape index (κ2) is 9.32. The van der Waals surface area contributed by atoms with Crippen LogP contribution in [0.15, 0.2) is 76.8 Å². The van der Waals surface area contributed by atoms with Crippen LogP contribution in [0.5, 0.6) is 0 Å². The standard InChI is InChI=1S/C23H20ClN3O2S/c24-17-9-7-16(8-10-17)11-14-25-21(28)12-15-27-19-5-3-13-26-22(19)30-20-6-2-1-4-18(20)23(27)29/h1-10,13H,11-12,14-15H2,(H,25,28). The number of halogens is 1. The number of benzene rings is 2. The summed E-state index contributed by atoms with van der Waals surface area (Å²) in [6, 6.07) is 18.7. The van der Waals surface area contributed by atoms with Crippen molar-refractivity contribution >= 4 is 40.9 Å². The molecule has 30 heavy (non-hydrogen) atoms. The largest absolute Gasteiger partial charge is 0.356 e. The summed E-state index contributed by atoms with van der Waals surface area (Å²) < 4.78 is 0. The van der Waals surface area contributed by atoms with Gasteiger partial charge in [0.1, 0.15) is 5.03 Å². The molecule has 0 atom stereocenters. The van der Waals surface area contributed by atoms with E-state index < -0.39 is 0 Å². The topological polar surface area (TPSA) is 62.3 Å². The van der Waals surface area contributed by atoms with Gasteiger partial charge in [0.15, 0.2) is 0 Å². The Morgan fingerprint density at radius 3 is 2.70 bits per heavy atom. The second-order valence-corrected chi connectivity index (χ2v) is 8.33. The molecule has 0 fully saturated rings. The van der Waals surface area contributed by atoms with Gasteiger partial charge < -0.3 is 10.2 Å². The van der Waals surface area contributed by atoms with Crippen molar-refractivity contribution in [2.24, 2.45) is 0 Å². The molecule has 152 valence electrons. The van der Waals surface area contributed by atoms with Crippen LogP contribution in [-0.2, 0) is 11.2 Å². The number of nitrogens with zero attached hydrogens (tertiary/aromatic N) is 2. The highest BCUT2D eigenvalue weighted by Gasteiger charge is 2.27. The van der Waals surface area contributed by atoms with Crippen LogP contribution in [0.3, 0.4) is 0 Å². The molecule has 0 saturated carbocycles. The van der Waals surface area contributed by atoms with Crippen LogP contribution in [0, 0.1) is 0 Å². The summed E-state index contributed by atoms with van der Waals surface area (Å²) in [6.45, 7) is 0.824. The van der Waals surface area contributed by atoms with Gasteiger partial charge in [0.2, 0.25) is 5.91 Å². The third-order valence-electron chi connectivity index (χ3n) is 4.82. The number of amides is 2. The smallest absolute Gasteiger partial charge is 0.259 e. The third kappa shape index (κ3) is 4.66. The Labute approximate surface area is 184 Å². The SMILES string of the molecule is O=C(CCN1C(=O)c2ccccc2Sc2ncccc21)NCCc1ccc(Cl)cc1. The molecule has 2 heterocycles. The number of aromatic nitrogens is 1. The van der Waals surface area contributed by atoms with Crippen molar-refractivity contribution in [1.29, 1.82) is 0 Å². The normalized spacial score (nSPS) is 12.7. The van der Waals surface area contributed by atoms with Gasteiger partial charge in [-0.3, -0.25) is 9.59 Å². The quantitative estimate of drug-likeness (QED) is 0.612. The van der Waals surface area contributed by atoms with E-state index in [-0.39, 0.29) is 18.2 Å². The van der Waals surface area contributed by atoms with Crippen LogP contribution in [0.4, 0.5) is 5.69 Å². The van der Waals surface area contributed by atoms with E-state index in [2.05, 4.69) is 10.3 Å². The Morgan fingerprint density at radius 1 is 1.07 bits per heavy atom. The Bertz CT molecular complexity index is 1070. The predicted octanol–water partition coefficient (Wildman–Crippen LogP) is 4.60. The summed E-state index contributed by atoms with van der Waals surface area (Å²) in [4.78, 5) is 32.5. The molecule has 1 aromatic heterocycles. The van der Waals surface area contributed by atoms with E-state index in [9.17, 15) is 9.59 Å². The van der Waals surface area contributed by atoms with Crippen molar-refractivity contribution in [2.45, 2.75) is 22.8 Å². The fraction of sp³-hybridized carbons (Fsp3) is 0.174. The lowest BCUT2D eigenvalue weighted by atomic mass is 10.1. The van der Waals surface area contributed by atoms with Crippen LogP contribution in [0.2, 0.25) is 5.02 Å². The molecule has 1 aliphatic heterocycles. The number of carbonyl (C=O) groups is 2. The van der Waals surface area contributed by atoms with Crippen molar-refractivity contribution in [3.8, 4) is 0 Å². The number of pyridine rings is 1. The Kier molecular flexibility index (Phi) is 6.35. The van der Waals surface area contributed by atoms with Gasteiger partial charge in [0.25, 0.3) is 5.91 Å². The van der Waals surface area contributed by atoms with Crippen LogP contribution in [0.1, 0.15) is 22.3 Å². The maximum atomic E-state index is 13.2. The molecule has 1 N–H and O–H groups in total. The van der Waals surface area contributed by atoms with Crippen LogP contribution in [-0.4, -0.2) is 29.9 Å². The molecular weight excluding hydrogens is 418 g/mol. The number of fused-ring (bicyclic) bond motifs is 2. The number of anilines is 1. The van der Waals surface area contributed by atoms with Crippen molar-refractivity contribution in [1.82, 2.24) is 10.3 Å². The molecule has 2 amide bonds. The van der Waals surface area contributed by atoms with E-state index in [1.54, 1.807) is 11.1 Å². The van der Waals surface area contributed by atoms with E-state index in [1.807, 2.05) is 60.7 Å². The number of hydrogen-bond donors (Lipinski definition) is 1. The summed E-state index contributed by atoms with van der Waals surface area (Å²) in [5, 5.41) is 4.39. The Morgan fingerprint density at radius 2 is 1.87 bits per heavy atom. The van der Waals surface area contributed by atoms with E-state index >= 15 is 0 Å².